The molecule has 6 heteroatoms. The number of benzene rings is 1. The van der Waals surface area contributed by atoms with Crippen molar-refractivity contribution in [2.45, 2.75) is 25.1 Å². The molecule has 2 rings (SSSR count). The molecule has 0 bridgehead atoms. The van der Waals surface area contributed by atoms with Crippen molar-refractivity contribution >= 4 is 31.4 Å². The van der Waals surface area contributed by atoms with E-state index in [1.54, 1.807) is 0 Å². The third-order valence-electron chi connectivity index (χ3n) is 2.67. The maximum Gasteiger partial charge on any atom is 0.158 e. The molecule has 1 heterocycles. The fourth-order valence-electron chi connectivity index (χ4n) is 1.67. The van der Waals surface area contributed by atoms with Gasteiger partial charge in [0.25, 0.3) is 0 Å². The van der Waals surface area contributed by atoms with Crippen LogP contribution in [-0.2, 0) is 15.6 Å². The molecule has 1 unspecified atom stereocenters. The molecule has 4 nitrogen and oxygen atoms in total. The van der Waals surface area contributed by atoms with Gasteiger partial charge in [-0.15, -0.1) is 11.3 Å². The number of hydrogen-bond donors (Lipinski definition) is 1. The number of hydrogen-bond acceptors (Lipinski definition) is 5. The standard InChI is InChI=1S/C12H16N2O2S2/c1-2-9(13)7-18(15,16)8-12-14-10-5-3-4-6-11(10)17-12/h3-6,9H,2,7-8,13H2,1H3. The highest BCUT2D eigenvalue weighted by molar-refractivity contribution is 7.90. The fourth-order valence-corrected chi connectivity index (χ4v) is 4.66. The van der Waals surface area contributed by atoms with Gasteiger partial charge in [-0.1, -0.05) is 19.1 Å². The van der Waals surface area contributed by atoms with E-state index in [1.165, 1.54) is 11.3 Å². The monoisotopic (exact) mass is 284 g/mol. The van der Waals surface area contributed by atoms with Gasteiger partial charge in [0, 0.05) is 6.04 Å². The van der Waals surface area contributed by atoms with E-state index in [0.29, 0.717) is 11.4 Å². The first-order valence-electron chi connectivity index (χ1n) is 5.80. The minimum Gasteiger partial charge on any atom is -0.327 e. The summed E-state index contributed by atoms with van der Waals surface area (Å²) >= 11 is 1.43. The maximum atomic E-state index is 11.9. The van der Waals surface area contributed by atoms with Crippen LogP contribution in [0.5, 0.6) is 0 Å². The Morgan fingerprint density at radius 3 is 2.78 bits per heavy atom. The highest BCUT2D eigenvalue weighted by Gasteiger charge is 2.18. The summed E-state index contributed by atoms with van der Waals surface area (Å²) in [5.41, 5.74) is 6.55. The van der Waals surface area contributed by atoms with Gasteiger partial charge in [-0.3, -0.25) is 0 Å². The summed E-state index contributed by atoms with van der Waals surface area (Å²) in [6, 6.07) is 7.36. The van der Waals surface area contributed by atoms with E-state index in [2.05, 4.69) is 4.98 Å². The molecule has 0 aliphatic carbocycles. The van der Waals surface area contributed by atoms with Gasteiger partial charge >= 0.3 is 0 Å². The first kappa shape index (κ1) is 13.5. The van der Waals surface area contributed by atoms with Crippen molar-refractivity contribution in [3.05, 3.63) is 29.3 Å². The third kappa shape index (κ3) is 3.28. The summed E-state index contributed by atoms with van der Waals surface area (Å²) in [7, 11) is -3.17. The van der Waals surface area contributed by atoms with Crippen molar-refractivity contribution in [3.63, 3.8) is 0 Å². The lowest BCUT2D eigenvalue weighted by atomic mass is 10.3. The third-order valence-corrected chi connectivity index (χ3v) is 5.54. The van der Waals surface area contributed by atoms with Gasteiger partial charge in [0.2, 0.25) is 0 Å². The molecule has 2 aromatic rings. The number of rotatable bonds is 5. The van der Waals surface area contributed by atoms with Crippen molar-refractivity contribution in [1.82, 2.24) is 4.98 Å². The molecular weight excluding hydrogens is 268 g/mol. The molecule has 1 aromatic carbocycles. The number of aromatic nitrogens is 1. The highest BCUT2D eigenvalue weighted by atomic mass is 32.2. The van der Waals surface area contributed by atoms with E-state index in [-0.39, 0.29) is 17.5 Å². The average Bonchev–Trinajstić information content (AvgIpc) is 2.68. The van der Waals surface area contributed by atoms with Crippen molar-refractivity contribution in [2.75, 3.05) is 5.75 Å². The molecule has 0 fully saturated rings. The van der Waals surface area contributed by atoms with Crippen LogP contribution in [-0.4, -0.2) is 25.2 Å². The van der Waals surface area contributed by atoms with E-state index in [4.69, 9.17) is 5.73 Å². The number of nitrogens with two attached hydrogens (primary N) is 1. The molecule has 1 atom stereocenters. The molecule has 0 aliphatic rings. The van der Waals surface area contributed by atoms with E-state index >= 15 is 0 Å². The first-order chi connectivity index (χ1) is 8.50. The summed E-state index contributed by atoms with van der Waals surface area (Å²) in [6.45, 7) is 1.89. The Balaban J connectivity index is 2.18. The van der Waals surface area contributed by atoms with Crippen LogP contribution in [0.15, 0.2) is 24.3 Å². The second kappa shape index (κ2) is 5.34. The Kier molecular flexibility index (Phi) is 3.99. The largest absolute Gasteiger partial charge is 0.327 e. The van der Waals surface area contributed by atoms with Crippen LogP contribution < -0.4 is 5.73 Å². The van der Waals surface area contributed by atoms with Crippen LogP contribution in [0.1, 0.15) is 18.4 Å². The van der Waals surface area contributed by atoms with Crippen molar-refractivity contribution in [2.24, 2.45) is 5.73 Å². The van der Waals surface area contributed by atoms with Gasteiger partial charge in [-0.05, 0) is 18.6 Å². The molecule has 0 spiro atoms. The summed E-state index contributed by atoms with van der Waals surface area (Å²) in [5, 5.41) is 0.638. The van der Waals surface area contributed by atoms with Crippen molar-refractivity contribution < 1.29 is 8.42 Å². The summed E-state index contributed by atoms with van der Waals surface area (Å²) in [5.74, 6) is 0.0134. The molecule has 2 N–H and O–H groups in total. The van der Waals surface area contributed by atoms with Crippen LogP contribution in [0, 0.1) is 0 Å². The van der Waals surface area contributed by atoms with Crippen LogP contribution in [0.25, 0.3) is 10.2 Å². The average molecular weight is 284 g/mol. The zero-order chi connectivity index (χ0) is 13.2. The minimum absolute atomic E-state index is 0.0138. The maximum absolute atomic E-state index is 11.9. The molecule has 0 amide bonds. The fraction of sp³-hybridized carbons (Fsp3) is 0.417. The van der Waals surface area contributed by atoms with Crippen LogP contribution >= 0.6 is 11.3 Å². The zero-order valence-corrected chi connectivity index (χ0v) is 11.8. The molecule has 0 saturated heterocycles. The van der Waals surface area contributed by atoms with Gasteiger partial charge in [0.05, 0.1) is 16.0 Å². The molecule has 0 radical (unpaired) electrons. The van der Waals surface area contributed by atoms with Gasteiger partial charge in [0.1, 0.15) is 10.8 Å². The van der Waals surface area contributed by atoms with E-state index in [0.717, 1.165) is 10.2 Å². The molecule has 0 aliphatic heterocycles. The minimum atomic E-state index is -3.17. The Hall–Kier alpha value is -0.980. The summed E-state index contributed by atoms with van der Waals surface area (Å²) in [6.07, 6.45) is 0.666. The van der Waals surface area contributed by atoms with Gasteiger partial charge in [0.15, 0.2) is 9.84 Å². The Morgan fingerprint density at radius 1 is 1.39 bits per heavy atom. The van der Waals surface area contributed by atoms with E-state index in [9.17, 15) is 8.42 Å². The number of sulfone groups is 1. The van der Waals surface area contributed by atoms with Crippen LogP contribution in [0.2, 0.25) is 0 Å². The smallest absolute Gasteiger partial charge is 0.158 e. The van der Waals surface area contributed by atoms with E-state index in [1.807, 2.05) is 31.2 Å². The lowest BCUT2D eigenvalue weighted by Crippen LogP contribution is -2.29. The van der Waals surface area contributed by atoms with Crippen LogP contribution in [0.3, 0.4) is 0 Å². The topological polar surface area (TPSA) is 73.1 Å². The summed E-state index contributed by atoms with van der Waals surface area (Å²) in [4.78, 5) is 4.33. The summed E-state index contributed by atoms with van der Waals surface area (Å²) < 4.78 is 24.9. The molecule has 18 heavy (non-hydrogen) atoms. The predicted molar refractivity (Wildman–Crippen MR) is 75.4 cm³/mol. The number of fused-ring (bicyclic) bond motifs is 1. The van der Waals surface area contributed by atoms with Crippen molar-refractivity contribution in [3.8, 4) is 0 Å². The SMILES string of the molecule is CCC(N)CS(=O)(=O)Cc1nc2ccccc2s1. The molecular formula is C12H16N2O2S2. The number of nitrogens with zero attached hydrogens (tertiary/aromatic N) is 1. The molecule has 1 aromatic heterocycles. The quantitative estimate of drug-likeness (QED) is 0.910. The Morgan fingerprint density at radius 2 is 2.11 bits per heavy atom. The van der Waals surface area contributed by atoms with Crippen molar-refractivity contribution in [1.29, 1.82) is 0 Å². The lowest BCUT2D eigenvalue weighted by molar-refractivity contribution is 0.583. The molecule has 98 valence electrons. The lowest BCUT2D eigenvalue weighted by Gasteiger charge is -2.07. The van der Waals surface area contributed by atoms with Crippen LogP contribution in [0.4, 0.5) is 0 Å². The zero-order valence-electron chi connectivity index (χ0n) is 10.2. The van der Waals surface area contributed by atoms with E-state index < -0.39 is 9.84 Å². The van der Waals surface area contributed by atoms with Gasteiger partial charge in [-0.25, -0.2) is 13.4 Å². The first-order valence-corrected chi connectivity index (χ1v) is 8.44. The predicted octanol–water partition coefficient (Wildman–Crippen LogP) is 1.95. The van der Waals surface area contributed by atoms with Gasteiger partial charge in [-0.2, -0.15) is 0 Å². The number of thiazole rings is 1. The second-order valence-electron chi connectivity index (χ2n) is 4.30. The molecule has 0 saturated carbocycles. The second-order valence-corrected chi connectivity index (χ2v) is 7.52. The Labute approximate surface area is 111 Å². The highest BCUT2D eigenvalue weighted by Crippen LogP contribution is 2.23. The van der Waals surface area contributed by atoms with Gasteiger partial charge < -0.3 is 5.73 Å². The number of para-hydroxylation sites is 1. The Bertz CT molecular complexity index is 601. The normalized spacial score (nSPS) is 13.9.